The van der Waals surface area contributed by atoms with Gasteiger partial charge in [-0.05, 0) is 20.8 Å². The number of morpholine rings is 1. The number of β-amino-alcohol motifs (C(OH)–C–C–N with tert-alkyl or cyclic N) is 1. The molecule has 7 nitrogen and oxygen atoms in total. The number of hydrogen-bond donors (Lipinski definition) is 3. The van der Waals surface area contributed by atoms with Crippen LogP contribution in [0.4, 0.5) is 0 Å². The summed E-state index contributed by atoms with van der Waals surface area (Å²) in [5.74, 6) is 0.714. The predicted octanol–water partition coefficient (Wildman–Crippen LogP) is 0.590. The highest BCUT2D eigenvalue weighted by Gasteiger charge is 2.25. The predicted molar refractivity (Wildman–Crippen MR) is 97.6 cm³/mol. The molecular weight excluding hydrogens is 326 g/mol. The maximum atomic E-state index is 10.6. The van der Waals surface area contributed by atoms with E-state index < -0.39 is 5.60 Å². The number of guanidine groups is 1. The van der Waals surface area contributed by atoms with E-state index in [1.807, 2.05) is 27.0 Å². The van der Waals surface area contributed by atoms with Crippen molar-refractivity contribution in [2.45, 2.75) is 32.9 Å². The average Bonchev–Trinajstić information content (AvgIpc) is 2.96. The van der Waals surface area contributed by atoms with Crippen LogP contribution in [0.2, 0.25) is 0 Å². The van der Waals surface area contributed by atoms with Gasteiger partial charge in [0.1, 0.15) is 0 Å². The fourth-order valence-electron chi connectivity index (χ4n) is 2.55. The maximum absolute atomic E-state index is 10.6. The van der Waals surface area contributed by atoms with Crippen LogP contribution in [0.3, 0.4) is 0 Å². The van der Waals surface area contributed by atoms with E-state index in [9.17, 15) is 5.11 Å². The zero-order valence-electron chi connectivity index (χ0n) is 14.8. The van der Waals surface area contributed by atoms with E-state index in [-0.39, 0.29) is 0 Å². The van der Waals surface area contributed by atoms with Crippen LogP contribution in [0.1, 0.15) is 23.7 Å². The number of nitrogens with one attached hydrogen (secondary N) is 2. The summed E-state index contributed by atoms with van der Waals surface area (Å²) >= 11 is 1.65. The summed E-state index contributed by atoms with van der Waals surface area (Å²) < 4.78 is 5.35. The molecule has 1 unspecified atom stereocenters. The van der Waals surface area contributed by atoms with Gasteiger partial charge in [0.15, 0.2) is 5.96 Å². The van der Waals surface area contributed by atoms with Crippen molar-refractivity contribution in [3.05, 3.63) is 16.1 Å². The second-order valence-electron chi connectivity index (χ2n) is 6.28. The largest absolute Gasteiger partial charge is 0.387 e. The lowest BCUT2D eigenvalue weighted by molar-refractivity contribution is -0.0201. The Kier molecular flexibility index (Phi) is 7.41. The smallest absolute Gasteiger partial charge is 0.191 e. The molecule has 0 aliphatic carbocycles. The molecule has 0 aromatic carbocycles. The number of aliphatic imine (C=N–C) groups is 1. The van der Waals surface area contributed by atoms with Gasteiger partial charge in [-0.15, -0.1) is 11.3 Å². The molecule has 1 aromatic heterocycles. The summed E-state index contributed by atoms with van der Waals surface area (Å²) in [4.78, 5) is 12.2. The van der Waals surface area contributed by atoms with Gasteiger partial charge in [-0.2, -0.15) is 0 Å². The molecular formula is C16H29N5O2S. The first kappa shape index (κ1) is 19.1. The summed E-state index contributed by atoms with van der Waals surface area (Å²) in [5.41, 5.74) is -0.825. The first-order valence-corrected chi connectivity index (χ1v) is 9.26. The highest BCUT2D eigenvalue weighted by molar-refractivity contribution is 7.11. The number of hydrogen-bond acceptors (Lipinski definition) is 6. The van der Waals surface area contributed by atoms with E-state index in [0.717, 1.165) is 42.7 Å². The molecule has 3 N–H and O–H groups in total. The van der Waals surface area contributed by atoms with Crippen molar-refractivity contribution in [1.29, 1.82) is 0 Å². The standard InChI is InChI=1S/C16H29N5O2S/c1-4-17-15(19-10-14-9-18-13(2)24-14)20-11-16(3,22)12-21-5-7-23-8-6-21/h9,22H,4-8,10-12H2,1-3H3,(H2,17,19,20). The van der Waals surface area contributed by atoms with E-state index in [0.29, 0.717) is 25.6 Å². The van der Waals surface area contributed by atoms with Crippen LogP contribution < -0.4 is 10.6 Å². The van der Waals surface area contributed by atoms with E-state index in [1.165, 1.54) is 0 Å². The molecule has 0 bridgehead atoms. The minimum atomic E-state index is -0.825. The Hall–Kier alpha value is -1.22. The van der Waals surface area contributed by atoms with Gasteiger partial charge in [0.05, 0.1) is 30.4 Å². The lowest BCUT2D eigenvalue weighted by atomic mass is 10.1. The van der Waals surface area contributed by atoms with Gasteiger partial charge in [-0.1, -0.05) is 0 Å². The van der Waals surface area contributed by atoms with Gasteiger partial charge in [-0.3, -0.25) is 4.90 Å². The highest BCUT2D eigenvalue weighted by atomic mass is 32.1. The van der Waals surface area contributed by atoms with Crippen LogP contribution in [0, 0.1) is 6.92 Å². The van der Waals surface area contributed by atoms with Crippen molar-refractivity contribution in [2.24, 2.45) is 4.99 Å². The van der Waals surface area contributed by atoms with E-state index in [4.69, 9.17) is 4.74 Å². The first-order valence-electron chi connectivity index (χ1n) is 8.44. The molecule has 24 heavy (non-hydrogen) atoms. The lowest BCUT2D eigenvalue weighted by Gasteiger charge is -2.34. The van der Waals surface area contributed by atoms with Crippen molar-refractivity contribution in [3.63, 3.8) is 0 Å². The number of aromatic nitrogens is 1. The van der Waals surface area contributed by atoms with E-state index in [2.05, 4.69) is 25.5 Å². The number of rotatable bonds is 7. The third-order valence-electron chi connectivity index (χ3n) is 3.71. The molecule has 8 heteroatoms. The summed E-state index contributed by atoms with van der Waals surface area (Å²) in [6, 6.07) is 0. The van der Waals surface area contributed by atoms with E-state index in [1.54, 1.807) is 11.3 Å². The van der Waals surface area contributed by atoms with Crippen LogP contribution in [-0.4, -0.2) is 72.5 Å². The molecule has 1 aliphatic rings. The molecule has 0 amide bonds. The Bertz CT molecular complexity index is 526. The van der Waals surface area contributed by atoms with Crippen LogP contribution in [0.5, 0.6) is 0 Å². The number of thiazole rings is 1. The van der Waals surface area contributed by atoms with Crippen LogP contribution in [-0.2, 0) is 11.3 Å². The number of ether oxygens (including phenoxy) is 1. The van der Waals surface area contributed by atoms with Crippen LogP contribution in [0.15, 0.2) is 11.2 Å². The van der Waals surface area contributed by atoms with Gasteiger partial charge in [0, 0.05) is 43.8 Å². The number of nitrogens with zero attached hydrogens (tertiary/aromatic N) is 3. The molecule has 0 radical (unpaired) electrons. The summed E-state index contributed by atoms with van der Waals surface area (Å²) in [7, 11) is 0. The van der Waals surface area contributed by atoms with Crippen LogP contribution in [0.25, 0.3) is 0 Å². The first-order chi connectivity index (χ1) is 11.5. The number of aryl methyl sites for hydroxylation is 1. The third-order valence-corrected chi connectivity index (χ3v) is 4.61. The molecule has 1 saturated heterocycles. The molecule has 0 saturated carbocycles. The van der Waals surface area contributed by atoms with Crippen LogP contribution >= 0.6 is 11.3 Å². The molecule has 0 spiro atoms. The zero-order valence-corrected chi connectivity index (χ0v) is 15.7. The van der Waals surface area contributed by atoms with Gasteiger partial charge in [0.25, 0.3) is 0 Å². The Morgan fingerprint density at radius 3 is 2.83 bits per heavy atom. The minimum absolute atomic E-state index is 0.442. The number of aliphatic hydroxyl groups is 1. The van der Waals surface area contributed by atoms with E-state index >= 15 is 0 Å². The zero-order chi connectivity index (χ0) is 17.4. The van der Waals surface area contributed by atoms with Gasteiger partial charge >= 0.3 is 0 Å². The van der Waals surface area contributed by atoms with Crippen molar-refractivity contribution < 1.29 is 9.84 Å². The molecule has 1 fully saturated rings. The molecule has 2 heterocycles. The Morgan fingerprint density at radius 1 is 1.46 bits per heavy atom. The molecule has 1 atom stereocenters. The van der Waals surface area contributed by atoms with Gasteiger partial charge in [0.2, 0.25) is 0 Å². The second kappa shape index (κ2) is 9.31. The molecule has 2 rings (SSSR count). The molecule has 1 aliphatic heterocycles. The maximum Gasteiger partial charge on any atom is 0.191 e. The van der Waals surface area contributed by atoms with Crippen molar-refractivity contribution in [1.82, 2.24) is 20.5 Å². The SMILES string of the molecule is CCNC(=NCc1cnc(C)s1)NCC(C)(O)CN1CCOCC1. The fraction of sp³-hybridized carbons (Fsp3) is 0.750. The topological polar surface area (TPSA) is 82.0 Å². The Morgan fingerprint density at radius 2 is 2.21 bits per heavy atom. The fourth-order valence-corrected chi connectivity index (χ4v) is 3.27. The highest BCUT2D eigenvalue weighted by Crippen LogP contribution is 2.12. The molecule has 136 valence electrons. The monoisotopic (exact) mass is 355 g/mol. The lowest BCUT2D eigenvalue weighted by Crippen LogP contribution is -2.52. The Balaban J connectivity index is 1.84. The van der Waals surface area contributed by atoms with Gasteiger partial charge < -0.3 is 20.5 Å². The second-order valence-corrected chi connectivity index (χ2v) is 7.60. The quantitative estimate of drug-likeness (QED) is 0.491. The average molecular weight is 356 g/mol. The summed E-state index contributed by atoms with van der Waals surface area (Å²) in [5, 5.41) is 18.1. The molecule has 1 aromatic rings. The minimum Gasteiger partial charge on any atom is -0.387 e. The Labute approximate surface area is 148 Å². The summed E-state index contributed by atoms with van der Waals surface area (Å²) in [6.07, 6.45) is 1.86. The van der Waals surface area contributed by atoms with Crippen molar-refractivity contribution >= 4 is 17.3 Å². The van der Waals surface area contributed by atoms with Gasteiger partial charge in [-0.25, -0.2) is 9.98 Å². The van der Waals surface area contributed by atoms with Crippen molar-refractivity contribution in [2.75, 3.05) is 45.9 Å². The summed E-state index contributed by atoms with van der Waals surface area (Å²) in [6.45, 7) is 11.5. The van der Waals surface area contributed by atoms with Crippen molar-refractivity contribution in [3.8, 4) is 0 Å². The normalized spacial score (nSPS) is 19.1. The third kappa shape index (κ3) is 6.72.